The maximum atomic E-state index is 13.4. The first kappa shape index (κ1) is 18.5. The number of hydrogen-bond donors (Lipinski definition) is 1. The largest absolute Gasteiger partial charge is 0.370 e. The molecule has 5 rings (SSSR count). The molecule has 2 atom stereocenters. The van der Waals surface area contributed by atoms with Crippen LogP contribution in [0, 0.1) is 6.92 Å². The number of aryl methyl sites for hydroxylation is 2. The van der Waals surface area contributed by atoms with Crippen molar-refractivity contribution in [1.82, 2.24) is 25.2 Å². The Labute approximate surface area is 172 Å². The highest BCUT2D eigenvalue weighted by Crippen LogP contribution is 2.31. The van der Waals surface area contributed by atoms with Gasteiger partial charge in [0.05, 0.1) is 34.1 Å². The summed E-state index contributed by atoms with van der Waals surface area (Å²) in [7, 11) is 1.87. The van der Waals surface area contributed by atoms with E-state index >= 15 is 0 Å². The zero-order valence-corrected chi connectivity index (χ0v) is 16.7. The monoisotopic (exact) mass is 403 g/mol. The molecule has 4 aromatic rings. The van der Waals surface area contributed by atoms with E-state index in [0.29, 0.717) is 34.7 Å². The van der Waals surface area contributed by atoms with Crippen molar-refractivity contribution < 1.29 is 14.1 Å². The molecular weight excluding hydrogens is 382 g/mol. The van der Waals surface area contributed by atoms with Gasteiger partial charge in [0.25, 0.3) is 11.6 Å². The van der Waals surface area contributed by atoms with E-state index in [1.54, 1.807) is 16.9 Å². The molecule has 4 heterocycles. The minimum Gasteiger partial charge on any atom is -0.370 e. The number of amides is 1. The second-order valence-electron chi connectivity index (χ2n) is 7.41. The van der Waals surface area contributed by atoms with Crippen LogP contribution in [0.15, 0.2) is 53.2 Å². The highest BCUT2D eigenvalue weighted by atomic mass is 16.5. The van der Waals surface area contributed by atoms with E-state index in [1.807, 2.05) is 50.4 Å². The fourth-order valence-corrected chi connectivity index (χ4v) is 3.97. The van der Waals surface area contributed by atoms with Gasteiger partial charge in [-0.05, 0) is 25.5 Å². The van der Waals surface area contributed by atoms with E-state index in [4.69, 9.17) is 9.26 Å². The summed E-state index contributed by atoms with van der Waals surface area (Å²) in [4.78, 5) is 17.9. The first-order valence-electron chi connectivity index (χ1n) is 9.84. The van der Waals surface area contributed by atoms with Crippen molar-refractivity contribution in [3.8, 4) is 11.3 Å². The van der Waals surface area contributed by atoms with Crippen LogP contribution in [0.3, 0.4) is 0 Å². The Morgan fingerprint density at radius 2 is 2.07 bits per heavy atom. The molecule has 1 aromatic carbocycles. The Kier molecular flexibility index (Phi) is 4.55. The molecule has 30 heavy (non-hydrogen) atoms. The number of benzene rings is 1. The van der Waals surface area contributed by atoms with E-state index in [9.17, 15) is 4.79 Å². The molecule has 0 aliphatic carbocycles. The predicted molar refractivity (Wildman–Crippen MR) is 110 cm³/mol. The third-order valence-corrected chi connectivity index (χ3v) is 5.49. The Hall–Kier alpha value is -3.52. The summed E-state index contributed by atoms with van der Waals surface area (Å²) in [6.45, 7) is 2.39. The first-order chi connectivity index (χ1) is 14.6. The summed E-state index contributed by atoms with van der Waals surface area (Å²) in [6, 6.07) is 13.2. The molecule has 1 amide bonds. The Bertz CT molecular complexity index is 1210. The lowest BCUT2D eigenvalue weighted by Gasteiger charge is -2.20. The molecule has 1 saturated heterocycles. The predicted octanol–water partition coefficient (Wildman–Crippen LogP) is 3.19. The van der Waals surface area contributed by atoms with Crippen LogP contribution in [0.4, 0.5) is 0 Å². The molecule has 3 aromatic heterocycles. The third-order valence-electron chi connectivity index (χ3n) is 5.49. The van der Waals surface area contributed by atoms with Crippen LogP contribution < -0.4 is 5.32 Å². The van der Waals surface area contributed by atoms with E-state index < -0.39 is 0 Å². The van der Waals surface area contributed by atoms with Crippen molar-refractivity contribution in [3.05, 3.63) is 65.6 Å². The number of carbonyl (C=O) groups excluding carboxylic acids is 1. The van der Waals surface area contributed by atoms with Crippen molar-refractivity contribution >= 4 is 17.0 Å². The van der Waals surface area contributed by atoms with Crippen LogP contribution in [0.1, 0.15) is 34.3 Å². The number of hydrogen-bond acceptors (Lipinski definition) is 6. The number of rotatable bonds is 4. The standard InChI is InChI=1S/C22H21N5O3/c1-13-19-15(12-17(25-22(19)30-26-13)14-6-4-3-5-7-14)21(28)24-16-9-11-29-20(16)18-8-10-23-27(18)2/h3-8,10,12,16,20H,9,11H2,1-2H3,(H,24,28)/t16-,20-/m0/s1. The van der Waals surface area contributed by atoms with Crippen molar-refractivity contribution in [2.45, 2.75) is 25.5 Å². The van der Waals surface area contributed by atoms with Crippen molar-refractivity contribution in [2.24, 2.45) is 7.05 Å². The molecule has 0 unspecified atom stereocenters. The quantitative estimate of drug-likeness (QED) is 0.562. The molecule has 0 saturated carbocycles. The van der Waals surface area contributed by atoms with Gasteiger partial charge in [0.1, 0.15) is 6.10 Å². The summed E-state index contributed by atoms with van der Waals surface area (Å²) in [5.41, 5.74) is 3.98. The minimum atomic E-state index is -0.240. The van der Waals surface area contributed by atoms with Gasteiger partial charge in [-0.3, -0.25) is 9.48 Å². The summed E-state index contributed by atoms with van der Waals surface area (Å²) >= 11 is 0. The molecule has 0 spiro atoms. The zero-order chi connectivity index (χ0) is 20.7. The van der Waals surface area contributed by atoms with Gasteiger partial charge in [0.2, 0.25) is 0 Å². The van der Waals surface area contributed by atoms with E-state index in [2.05, 4.69) is 20.6 Å². The maximum Gasteiger partial charge on any atom is 0.259 e. The number of nitrogens with one attached hydrogen (secondary N) is 1. The molecule has 1 aliphatic rings. The average Bonchev–Trinajstić information content (AvgIpc) is 3.48. The van der Waals surface area contributed by atoms with Crippen LogP contribution in [0.25, 0.3) is 22.4 Å². The average molecular weight is 403 g/mol. The topological polar surface area (TPSA) is 95.1 Å². The number of nitrogens with zero attached hydrogens (tertiary/aromatic N) is 4. The Morgan fingerprint density at radius 1 is 1.23 bits per heavy atom. The van der Waals surface area contributed by atoms with Crippen LogP contribution in [0.5, 0.6) is 0 Å². The van der Waals surface area contributed by atoms with Gasteiger partial charge in [-0.15, -0.1) is 0 Å². The van der Waals surface area contributed by atoms with Gasteiger partial charge in [0.15, 0.2) is 0 Å². The molecule has 1 aliphatic heterocycles. The van der Waals surface area contributed by atoms with Crippen LogP contribution in [-0.2, 0) is 11.8 Å². The number of ether oxygens (including phenoxy) is 1. The van der Waals surface area contributed by atoms with Crippen LogP contribution >= 0.6 is 0 Å². The van der Waals surface area contributed by atoms with Gasteiger partial charge in [-0.1, -0.05) is 35.5 Å². The van der Waals surface area contributed by atoms with E-state index in [0.717, 1.165) is 17.7 Å². The molecule has 0 radical (unpaired) electrons. The van der Waals surface area contributed by atoms with E-state index in [-0.39, 0.29) is 18.1 Å². The Morgan fingerprint density at radius 3 is 2.83 bits per heavy atom. The maximum absolute atomic E-state index is 13.4. The molecule has 1 fully saturated rings. The lowest BCUT2D eigenvalue weighted by molar-refractivity contribution is 0.0793. The number of fused-ring (bicyclic) bond motifs is 1. The number of pyridine rings is 1. The molecule has 152 valence electrons. The zero-order valence-electron chi connectivity index (χ0n) is 16.7. The lowest BCUT2D eigenvalue weighted by Crippen LogP contribution is -2.37. The van der Waals surface area contributed by atoms with Gasteiger partial charge in [-0.2, -0.15) is 5.10 Å². The highest BCUT2D eigenvalue weighted by molar-refractivity contribution is 6.07. The summed E-state index contributed by atoms with van der Waals surface area (Å²) in [5.74, 6) is -0.200. The SMILES string of the molecule is Cc1noc2nc(-c3ccccc3)cc(C(=O)N[C@H]3CCO[C@@H]3c3ccnn3C)c12. The van der Waals surface area contributed by atoms with E-state index in [1.165, 1.54) is 0 Å². The number of aromatic nitrogens is 4. The van der Waals surface area contributed by atoms with Crippen molar-refractivity contribution in [3.63, 3.8) is 0 Å². The minimum absolute atomic E-state index is 0.156. The lowest BCUT2D eigenvalue weighted by atomic mass is 10.0. The van der Waals surface area contributed by atoms with Crippen molar-refractivity contribution in [1.29, 1.82) is 0 Å². The van der Waals surface area contributed by atoms with Crippen molar-refractivity contribution in [2.75, 3.05) is 6.61 Å². The van der Waals surface area contributed by atoms with Gasteiger partial charge in [0, 0.05) is 25.4 Å². The molecular formula is C22H21N5O3. The second-order valence-corrected chi connectivity index (χ2v) is 7.41. The Balaban J connectivity index is 1.51. The molecule has 8 nitrogen and oxygen atoms in total. The molecule has 1 N–H and O–H groups in total. The third kappa shape index (κ3) is 3.15. The summed E-state index contributed by atoms with van der Waals surface area (Å²) in [5, 5.41) is 12.0. The molecule has 8 heteroatoms. The van der Waals surface area contributed by atoms with Gasteiger partial charge in [-0.25, -0.2) is 4.98 Å². The highest BCUT2D eigenvalue weighted by Gasteiger charge is 2.33. The van der Waals surface area contributed by atoms with Gasteiger partial charge >= 0.3 is 0 Å². The summed E-state index contributed by atoms with van der Waals surface area (Å²) in [6.07, 6.45) is 2.22. The summed E-state index contributed by atoms with van der Waals surface area (Å²) < 4.78 is 13.1. The smallest absolute Gasteiger partial charge is 0.259 e. The fourth-order valence-electron chi connectivity index (χ4n) is 3.97. The van der Waals surface area contributed by atoms with Gasteiger partial charge < -0.3 is 14.6 Å². The van der Waals surface area contributed by atoms with Crippen LogP contribution in [0.2, 0.25) is 0 Å². The first-order valence-corrected chi connectivity index (χ1v) is 9.84. The van der Waals surface area contributed by atoms with Crippen LogP contribution in [-0.4, -0.2) is 38.5 Å². The normalized spacial score (nSPS) is 18.7. The number of carbonyl (C=O) groups is 1. The fraction of sp³-hybridized carbons (Fsp3) is 0.273. The molecule has 0 bridgehead atoms. The second kappa shape index (κ2) is 7.38.